The van der Waals surface area contributed by atoms with E-state index < -0.39 is 0 Å². The molecule has 0 fully saturated rings. The lowest BCUT2D eigenvalue weighted by Crippen LogP contribution is -1.96. The maximum Gasteiger partial charge on any atom is 0.145 e. The van der Waals surface area contributed by atoms with E-state index in [4.69, 9.17) is 9.97 Å². The summed E-state index contributed by atoms with van der Waals surface area (Å²) in [6.45, 7) is 0. The average Bonchev–Trinajstić information content (AvgIpc) is 3.77. The second kappa shape index (κ2) is 8.30. The van der Waals surface area contributed by atoms with Crippen LogP contribution in [-0.2, 0) is 0 Å². The summed E-state index contributed by atoms with van der Waals surface area (Å²) < 4.78 is 6.97. The predicted octanol–water partition coefficient (Wildman–Crippen LogP) is 9.23. The van der Waals surface area contributed by atoms with Crippen LogP contribution < -0.4 is 0 Å². The van der Waals surface area contributed by atoms with Crippen molar-refractivity contribution >= 4 is 71.1 Å². The summed E-state index contributed by atoms with van der Waals surface area (Å²) in [5, 5.41) is 7.10. The summed E-state index contributed by atoms with van der Waals surface area (Å²) >= 11 is 0. The molecule has 0 N–H and O–H groups in total. The molecule has 10 aromatic rings. The number of benzene rings is 5. The molecule has 5 nitrogen and oxygen atoms in total. The Hall–Kier alpha value is -5.94. The largest absolute Gasteiger partial charge is 0.309 e. The molecule has 0 radical (unpaired) electrons. The molecule has 0 aliphatic carbocycles. The van der Waals surface area contributed by atoms with Crippen molar-refractivity contribution in [2.75, 3.05) is 0 Å². The van der Waals surface area contributed by atoms with Crippen LogP contribution in [0.15, 0.2) is 140 Å². The molecule has 0 bridgehead atoms. The molecule has 5 heterocycles. The first kappa shape index (κ1) is 22.7. The zero-order chi connectivity index (χ0) is 28.1. The minimum Gasteiger partial charge on any atom is -0.309 e. The van der Waals surface area contributed by atoms with E-state index in [-0.39, 0.29) is 0 Å². The fourth-order valence-electron chi connectivity index (χ4n) is 7.19. The van der Waals surface area contributed by atoms with Crippen molar-refractivity contribution < 1.29 is 0 Å². The minimum absolute atomic E-state index is 0.944. The van der Waals surface area contributed by atoms with Crippen LogP contribution in [0, 0.1) is 0 Å². The first-order valence-corrected chi connectivity index (χ1v) is 14.5. The molecule has 0 unspecified atom stereocenters. The first-order chi connectivity index (χ1) is 21.4. The zero-order valence-corrected chi connectivity index (χ0v) is 23.0. The van der Waals surface area contributed by atoms with Gasteiger partial charge in [-0.25, -0.2) is 4.98 Å². The molecular weight excluding hydrogens is 526 g/mol. The summed E-state index contributed by atoms with van der Waals surface area (Å²) in [6.07, 6.45) is 5.81. The van der Waals surface area contributed by atoms with Gasteiger partial charge in [0.15, 0.2) is 0 Å². The number of hydrogen-bond acceptors (Lipinski definition) is 2. The van der Waals surface area contributed by atoms with Crippen molar-refractivity contribution in [1.29, 1.82) is 0 Å². The molecule has 0 aliphatic heterocycles. The summed E-state index contributed by atoms with van der Waals surface area (Å²) in [7, 11) is 0. The third kappa shape index (κ3) is 2.95. The van der Waals surface area contributed by atoms with E-state index in [1.165, 1.54) is 32.6 Å². The van der Waals surface area contributed by atoms with Gasteiger partial charge in [-0.05, 0) is 66.7 Å². The topological polar surface area (TPSA) is 40.0 Å². The maximum atomic E-state index is 4.91. The van der Waals surface area contributed by atoms with Crippen LogP contribution in [0.1, 0.15) is 0 Å². The Morgan fingerprint density at radius 1 is 0.419 bits per heavy atom. The zero-order valence-electron chi connectivity index (χ0n) is 23.0. The second-order valence-corrected chi connectivity index (χ2v) is 11.1. The maximum absolute atomic E-state index is 4.91. The number of hydrogen-bond donors (Lipinski definition) is 0. The highest BCUT2D eigenvalue weighted by molar-refractivity contribution is 6.30. The third-order valence-electron chi connectivity index (χ3n) is 8.92. The van der Waals surface area contributed by atoms with Crippen molar-refractivity contribution in [2.24, 2.45) is 0 Å². The van der Waals surface area contributed by atoms with Gasteiger partial charge in [0.2, 0.25) is 0 Å². The van der Waals surface area contributed by atoms with Gasteiger partial charge in [0.05, 0.1) is 33.1 Å². The standard InChI is InChI=1S/C38H23N5/c1-3-10-24(11-4-1)42-30-15-8-7-14-26(30)28-22-29-34(23-33(28)42)43(25-12-5-2-6-13-25)31-18-17-27-36(35(29)31)38-40-20-21-41(38)32-16-9-19-39-37(27)32/h1-23H. The van der Waals surface area contributed by atoms with Gasteiger partial charge in [-0.1, -0.05) is 54.6 Å². The monoisotopic (exact) mass is 549 g/mol. The lowest BCUT2D eigenvalue weighted by Gasteiger charge is -2.10. The highest BCUT2D eigenvalue weighted by Crippen LogP contribution is 2.43. The van der Waals surface area contributed by atoms with E-state index in [1.54, 1.807) is 0 Å². The van der Waals surface area contributed by atoms with Crippen molar-refractivity contribution in [2.45, 2.75) is 0 Å². The predicted molar refractivity (Wildman–Crippen MR) is 177 cm³/mol. The Morgan fingerprint density at radius 3 is 1.93 bits per heavy atom. The molecule has 0 saturated heterocycles. The summed E-state index contributed by atoms with van der Waals surface area (Å²) in [4.78, 5) is 9.77. The number of nitrogens with zero attached hydrogens (tertiary/aromatic N) is 5. The third-order valence-corrected chi connectivity index (χ3v) is 8.92. The Bertz CT molecular complexity index is 2710. The average molecular weight is 550 g/mol. The summed E-state index contributed by atoms with van der Waals surface area (Å²) in [5.41, 5.74) is 9.95. The minimum atomic E-state index is 0.944. The Balaban J connectivity index is 1.49. The van der Waals surface area contributed by atoms with E-state index in [2.05, 4.69) is 129 Å². The van der Waals surface area contributed by atoms with Crippen LogP contribution >= 0.6 is 0 Å². The Kier molecular flexibility index (Phi) is 4.39. The van der Waals surface area contributed by atoms with Crippen LogP contribution in [0.4, 0.5) is 0 Å². The molecule has 200 valence electrons. The first-order valence-electron chi connectivity index (χ1n) is 14.5. The number of para-hydroxylation sites is 3. The van der Waals surface area contributed by atoms with Gasteiger partial charge < -0.3 is 9.13 Å². The van der Waals surface area contributed by atoms with Crippen molar-refractivity contribution in [3.8, 4) is 11.4 Å². The van der Waals surface area contributed by atoms with Crippen LogP contribution in [0.5, 0.6) is 0 Å². The van der Waals surface area contributed by atoms with E-state index in [1.807, 2.05) is 24.7 Å². The van der Waals surface area contributed by atoms with Gasteiger partial charge in [0, 0.05) is 62.3 Å². The lowest BCUT2D eigenvalue weighted by atomic mass is 10.0. The Morgan fingerprint density at radius 2 is 1.12 bits per heavy atom. The molecular formula is C38H23N5. The van der Waals surface area contributed by atoms with Crippen molar-refractivity contribution in [1.82, 2.24) is 23.5 Å². The summed E-state index contributed by atoms with van der Waals surface area (Å²) in [6, 6.07) is 43.4. The number of rotatable bonds is 2. The van der Waals surface area contributed by atoms with Gasteiger partial charge in [0.1, 0.15) is 5.65 Å². The number of fused-ring (bicyclic) bond motifs is 13. The second-order valence-electron chi connectivity index (χ2n) is 11.1. The number of imidazole rings is 1. The van der Waals surface area contributed by atoms with Crippen LogP contribution in [0.25, 0.3) is 82.4 Å². The molecule has 43 heavy (non-hydrogen) atoms. The Labute approximate surface area is 245 Å². The van der Waals surface area contributed by atoms with Crippen molar-refractivity contribution in [3.63, 3.8) is 0 Å². The smallest absolute Gasteiger partial charge is 0.145 e. The van der Waals surface area contributed by atoms with Gasteiger partial charge >= 0.3 is 0 Å². The van der Waals surface area contributed by atoms with Gasteiger partial charge in [0.25, 0.3) is 0 Å². The van der Waals surface area contributed by atoms with Crippen molar-refractivity contribution in [3.05, 3.63) is 140 Å². The van der Waals surface area contributed by atoms with E-state index in [0.717, 1.165) is 49.9 Å². The van der Waals surface area contributed by atoms with E-state index in [9.17, 15) is 0 Å². The quantitative estimate of drug-likeness (QED) is 0.202. The van der Waals surface area contributed by atoms with Gasteiger partial charge in [-0.2, -0.15) is 0 Å². The van der Waals surface area contributed by atoms with E-state index >= 15 is 0 Å². The fraction of sp³-hybridized carbons (Fsp3) is 0. The fourth-order valence-corrected chi connectivity index (χ4v) is 7.19. The molecule has 10 rings (SSSR count). The van der Waals surface area contributed by atoms with Crippen LogP contribution in [0.3, 0.4) is 0 Å². The lowest BCUT2D eigenvalue weighted by molar-refractivity contribution is 1.16. The highest BCUT2D eigenvalue weighted by Gasteiger charge is 2.22. The molecule has 0 spiro atoms. The van der Waals surface area contributed by atoms with E-state index in [0.29, 0.717) is 0 Å². The SMILES string of the molecule is c1ccc(-n2c3ccccc3c3cc4c5c6c(ccc5n(-c5ccccc5)c4cc32)c2ncccc2n2ccnc62)cc1. The number of pyridine rings is 2. The number of aromatic nitrogens is 5. The van der Waals surface area contributed by atoms with Gasteiger partial charge in [-0.15, -0.1) is 0 Å². The molecule has 5 heteroatoms. The molecule has 0 saturated carbocycles. The molecule has 5 aromatic carbocycles. The highest BCUT2D eigenvalue weighted by atomic mass is 15.0. The van der Waals surface area contributed by atoms with Crippen LogP contribution in [0.2, 0.25) is 0 Å². The molecule has 0 aliphatic rings. The molecule has 0 atom stereocenters. The normalized spacial score (nSPS) is 12.2. The van der Waals surface area contributed by atoms with Gasteiger partial charge in [-0.3, -0.25) is 9.38 Å². The summed E-state index contributed by atoms with van der Waals surface area (Å²) in [5.74, 6) is 0. The molecule has 5 aromatic heterocycles. The molecule has 0 amide bonds. The van der Waals surface area contributed by atoms with Crippen LogP contribution in [-0.4, -0.2) is 23.5 Å².